The monoisotopic (exact) mass is 252 g/mol. The summed E-state index contributed by atoms with van der Waals surface area (Å²) in [6.45, 7) is 2.28. The number of hydrogen-bond acceptors (Lipinski definition) is 3. The molecule has 1 aliphatic rings. The number of carbonyl (C=O) groups is 1. The van der Waals surface area contributed by atoms with E-state index < -0.39 is 11.4 Å². The van der Waals surface area contributed by atoms with Gasteiger partial charge < -0.3 is 9.47 Å². The van der Waals surface area contributed by atoms with Crippen LogP contribution in [0.25, 0.3) is 0 Å². The number of Topliss-reactive ketones (excluding diaryl/α,β-unsaturated/α-hetero) is 1. The predicted molar refractivity (Wildman–Crippen MR) is 65.5 cm³/mol. The van der Waals surface area contributed by atoms with Gasteiger partial charge in [-0.15, -0.1) is 0 Å². The molecule has 1 aromatic carbocycles. The number of benzene rings is 1. The van der Waals surface area contributed by atoms with Crippen LogP contribution in [0.15, 0.2) is 18.2 Å². The fourth-order valence-electron chi connectivity index (χ4n) is 2.24. The van der Waals surface area contributed by atoms with Crippen molar-refractivity contribution in [2.75, 3.05) is 13.7 Å². The summed E-state index contributed by atoms with van der Waals surface area (Å²) < 4.78 is 24.5. The van der Waals surface area contributed by atoms with Crippen LogP contribution in [-0.4, -0.2) is 25.1 Å². The van der Waals surface area contributed by atoms with Crippen LogP contribution < -0.4 is 4.74 Å². The normalized spacial score (nSPS) is 23.7. The van der Waals surface area contributed by atoms with E-state index in [0.717, 1.165) is 12.8 Å². The highest BCUT2D eigenvalue weighted by molar-refractivity contribution is 6.02. The van der Waals surface area contributed by atoms with Crippen molar-refractivity contribution in [1.29, 1.82) is 0 Å². The number of methoxy groups -OCH3 is 1. The second-order valence-electron chi connectivity index (χ2n) is 4.69. The van der Waals surface area contributed by atoms with Crippen molar-refractivity contribution in [1.82, 2.24) is 0 Å². The van der Waals surface area contributed by atoms with Crippen molar-refractivity contribution >= 4 is 5.78 Å². The summed E-state index contributed by atoms with van der Waals surface area (Å²) in [5.74, 6) is -0.834. The second kappa shape index (κ2) is 5.06. The van der Waals surface area contributed by atoms with Gasteiger partial charge in [-0.05, 0) is 38.3 Å². The van der Waals surface area contributed by atoms with Gasteiger partial charge in [0.2, 0.25) is 0 Å². The summed E-state index contributed by atoms with van der Waals surface area (Å²) in [4.78, 5) is 12.4. The maximum absolute atomic E-state index is 14.0. The molecule has 1 aliphatic heterocycles. The summed E-state index contributed by atoms with van der Waals surface area (Å²) in [5, 5.41) is 0. The molecule has 1 heterocycles. The van der Waals surface area contributed by atoms with Gasteiger partial charge in [0, 0.05) is 6.61 Å². The molecule has 3 nitrogen and oxygen atoms in total. The van der Waals surface area contributed by atoms with Gasteiger partial charge in [-0.25, -0.2) is 4.39 Å². The second-order valence-corrected chi connectivity index (χ2v) is 4.69. The molecule has 0 saturated carbocycles. The Balaban J connectivity index is 2.33. The zero-order valence-corrected chi connectivity index (χ0v) is 10.7. The third kappa shape index (κ3) is 2.25. The standard InChI is InChI=1S/C14H17FO3/c1-14(8-3-4-9-18-14)13(16)10-6-5-7-11(17-2)12(10)15/h5-7H,3-4,8-9H2,1-2H3. The minimum Gasteiger partial charge on any atom is -0.494 e. The third-order valence-electron chi connectivity index (χ3n) is 3.38. The van der Waals surface area contributed by atoms with Crippen LogP contribution in [0.2, 0.25) is 0 Å². The first-order chi connectivity index (χ1) is 8.58. The van der Waals surface area contributed by atoms with E-state index in [1.165, 1.54) is 19.2 Å². The Bertz CT molecular complexity index is 450. The Morgan fingerprint density at radius 2 is 2.22 bits per heavy atom. The smallest absolute Gasteiger partial charge is 0.197 e. The molecular formula is C14H17FO3. The first-order valence-corrected chi connectivity index (χ1v) is 6.10. The van der Waals surface area contributed by atoms with Crippen molar-refractivity contribution in [3.63, 3.8) is 0 Å². The Kier molecular flexibility index (Phi) is 3.66. The van der Waals surface area contributed by atoms with Gasteiger partial charge in [0.05, 0.1) is 12.7 Å². The molecule has 0 amide bonds. The van der Waals surface area contributed by atoms with Gasteiger partial charge >= 0.3 is 0 Å². The third-order valence-corrected chi connectivity index (χ3v) is 3.38. The molecular weight excluding hydrogens is 235 g/mol. The Morgan fingerprint density at radius 3 is 2.83 bits per heavy atom. The first-order valence-electron chi connectivity index (χ1n) is 6.10. The van der Waals surface area contributed by atoms with Crippen LogP contribution in [0.3, 0.4) is 0 Å². The molecule has 0 aromatic heterocycles. The molecule has 98 valence electrons. The van der Waals surface area contributed by atoms with Crippen molar-refractivity contribution in [3.8, 4) is 5.75 Å². The highest BCUT2D eigenvalue weighted by Gasteiger charge is 2.38. The van der Waals surface area contributed by atoms with Crippen molar-refractivity contribution in [2.45, 2.75) is 31.8 Å². The molecule has 4 heteroatoms. The zero-order valence-electron chi connectivity index (χ0n) is 10.7. The molecule has 0 N–H and O–H groups in total. The van der Waals surface area contributed by atoms with E-state index in [1.54, 1.807) is 13.0 Å². The summed E-state index contributed by atoms with van der Waals surface area (Å²) in [5.41, 5.74) is -0.871. The van der Waals surface area contributed by atoms with Gasteiger partial charge in [-0.3, -0.25) is 4.79 Å². The number of carbonyl (C=O) groups excluding carboxylic acids is 1. The lowest BCUT2D eigenvalue weighted by molar-refractivity contribution is -0.0428. The minimum absolute atomic E-state index is 0.0405. The van der Waals surface area contributed by atoms with E-state index in [2.05, 4.69) is 0 Å². The average Bonchev–Trinajstić information content (AvgIpc) is 2.39. The van der Waals surface area contributed by atoms with Crippen LogP contribution in [-0.2, 0) is 4.74 Å². The quantitative estimate of drug-likeness (QED) is 0.776. The number of ketones is 1. The molecule has 1 saturated heterocycles. The largest absolute Gasteiger partial charge is 0.494 e. The van der Waals surface area contributed by atoms with Crippen molar-refractivity contribution in [2.24, 2.45) is 0 Å². The molecule has 1 aromatic rings. The number of ether oxygens (including phenoxy) is 2. The predicted octanol–water partition coefficient (Wildman–Crippen LogP) is 2.98. The summed E-state index contributed by atoms with van der Waals surface area (Å²) >= 11 is 0. The molecule has 0 aliphatic carbocycles. The van der Waals surface area contributed by atoms with E-state index in [4.69, 9.17) is 9.47 Å². The topological polar surface area (TPSA) is 35.5 Å². The van der Waals surface area contributed by atoms with Crippen LogP contribution in [0, 0.1) is 5.82 Å². The molecule has 1 fully saturated rings. The molecule has 0 bridgehead atoms. The molecule has 2 rings (SSSR count). The number of halogens is 1. The Labute approximate surface area is 106 Å². The summed E-state index contributed by atoms with van der Waals surface area (Å²) in [6.07, 6.45) is 2.50. The maximum Gasteiger partial charge on any atom is 0.197 e. The fourth-order valence-corrected chi connectivity index (χ4v) is 2.24. The van der Waals surface area contributed by atoms with Crippen LogP contribution >= 0.6 is 0 Å². The summed E-state index contributed by atoms with van der Waals surface area (Å²) in [6, 6.07) is 4.58. The molecule has 0 radical (unpaired) electrons. The van der Waals surface area contributed by atoms with E-state index in [0.29, 0.717) is 13.0 Å². The van der Waals surface area contributed by atoms with Crippen molar-refractivity contribution in [3.05, 3.63) is 29.6 Å². The fraction of sp³-hybridized carbons (Fsp3) is 0.500. The Morgan fingerprint density at radius 1 is 1.44 bits per heavy atom. The van der Waals surface area contributed by atoms with Gasteiger partial charge in [0.15, 0.2) is 17.3 Å². The maximum atomic E-state index is 14.0. The highest BCUT2D eigenvalue weighted by atomic mass is 19.1. The lowest BCUT2D eigenvalue weighted by Gasteiger charge is -2.32. The zero-order chi connectivity index (χ0) is 13.2. The van der Waals surface area contributed by atoms with Crippen LogP contribution in [0.4, 0.5) is 4.39 Å². The SMILES string of the molecule is COc1cccc(C(=O)C2(C)CCCCO2)c1F. The average molecular weight is 252 g/mol. The van der Waals surface area contributed by atoms with Gasteiger partial charge in [0.1, 0.15) is 5.60 Å². The molecule has 1 unspecified atom stereocenters. The Hall–Kier alpha value is -1.42. The van der Waals surface area contributed by atoms with E-state index in [1.807, 2.05) is 0 Å². The number of rotatable bonds is 3. The van der Waals surface area contributed by atoms with Crippen LogP contribution in [0.1, 0.15) is 36.5 Å². The van der Waals surface area contributed by atoms with Gasteiger partial charge in [-0.2, -0.15) is 0 Å². The summed E-state index contributed by atoms with van der Waals surface area (Å²) in [7, 11) is 1.38. The lowest BCUT2D eigenvalue weighted by Crippen LogP contribution is -2.41. The van der Waals surface area contributed by atoms with Crippen molar-refractivity contribution < 1.29 is 18.7 Å². The highest BCUT2D eigenvalue weighted by Crippen LogP contribution is 2.31. The molecule has 1 atom stereocenters. The van der Waals surface area contributed by atoms with Gasteiger partial charge in [-0.1, -0.05) is 6.07 Å². The molecule has 18 heavy (non-hydrogen) atoms. The van der Waals surface area contributed by atoms with Gasteiger partial charge in [0.25, 0.3) is 0 Å². The van der Waals surface area contributed by atoms with E-state index >= 15 is 0 Å². The first kappa shape index (κ1) is 13.0. The number of hydrogen-bond donors (Lipinski definition) is 0. The molecule has 0 spiro atoms. The van der Waals surface area contributed by atoms with E-state index in [-0.39, 0.29) is 17.1 Å². The van der Waals surface area contributed by atoms with E-state index in [9.17, 15) is 9.18 Å². The van der Waals surface area contributed by atoms with Crippen LogP contribution in [0.5, 0.6) is 5.75 Å². The minimum atomic E-state index is -0.911. The lowest BCUT2D eigenvalue weighted by atomic mass is 9.87.